The van der Waals surface area contributed by atoms with Crippen LogP contribution in [0.3, 0.4) is 0 Å². The molecule has 0 bridgehead atoms. The molecule has 9 heteroatoms. The minimum Gasteiger partial charge on any atom is -0.497 e. The van der Waals surface area contributed by atoms with Crippen LogP contribution in [0, 0.1) is 6.92 Å². The number of nitrogens with one attached hydrogen (secondary N) is 2. The Kier molecular flexibility index (Phi) is 10.4. The smallest absolute Gasteiger partial charge is 0.192 e. The van der Waals surface area contributed by atoms with Gasteiger partial charge in [-0.25, -0.2) is 4.99 Å². The van der Waals surface area contributed by atoms with Crippen LogP contribution in [-0.4, -0.2) is 46.4 Å². The lowest BCUT2D eigenvalue weighted by molar-refractivity contribution is 0.414. The van der Waals surface area contributed by atoms with Crippen LogP contribution in [0.15, 0.2) is 29.3 Å². The number of hydrogen-bond donors (Lipinski definition) is 2. The number of aromatic nitrogens is 3. The van der Waals surface area contributed by atoms with Crippen LogP contribution < -0.4 is 15.4 Å². The fraction of sp³-hybridized carbons (Fsp3) is 0.471. The van der Waals surface area contributed by atoms with Crippen molar-refractivity contribution in [2.45, 2.75) is 20.0 Å². The van der Waals surface area contributed by atoms with Crippen molar-refractivity contribution in [2.24, 2.45) is 12.0 Å². The zero-order valence-electron chi connectivity index (χ0n) is 15.7. The molecule has 1 aromatic heterocycles. The first-order chi connectivity index (χ1) is 12.1. The summed E-state index contributed by atoms with van der Waals surface area (Å²) in [5, 5.41) is 14.9. The van der Waals surface area contributed by atoms with Crippen LogP contribution >= 0.6 is 35.7 Å². The number of halogens is 1. The summed E-state index contributed by atoms with van der Waals surface area (Å²) in [5.74, 6) is 4.41. The Morgan fingerprint density at radius 1 is 1.23 bits per heavy atom. The zero-order valence-corrected chi connectivity index (χ0v) is 18.8. The van der Waals surface area contributed by atoms with Gasteiger partial charge in [0.25, 0.3) is 0 Å². The van der Waals surface area contributed by atoms with E-state index in [0.717, 1.165) is 41.2 Å². The summed E-state index contributed by atoms with van der Waals surface area (Å²) >= 11 is 1.80. The van der Waals surface area contributed by atoms with Gasteiger partial charge < -0.3 is 19.9 Å². The average Bonchev–Trinajstić information content (AvgIpc) is 2.96. The van der Waals surface area contributed by atoms with Gasteiger partial charge in [-0.1, -0.05) is 12.1 Å². The van der Waals surface area contributed by atoms with Crippen molar-refractivity contribution in [1.29, 1.82) is 0 Å². The third kappa shape index (κ3) is 7.02. The summed E-state index contributed by atoms with van der Waals surface area (Å²) in [7, 11) is 3.63. The molecule has 0 amide bonds. The van der Waals surface area contributed by atoms with Gasteiger partial charge >= 0.3 is 0 Å². The molecular weight excluding hydrogens is 463 g/mol. The maximum absolute atomic E-state index is 5.18. The Hall–Kier alpha value is -1.49. The lowest BCUT2D eigenvalue weighted by atomic mass is 10.2. The standard InChI is InChI=1S/C17H26N6OS.HI/c1-13-21-22-16(23(13)2)12-20-17(18-9-10-25-4)19-11-14-5-7-15(24-3)8-6-14;/h5-8H,9-12H2,1-4H3,(H2,18,19,20);1H. The van der Waals surface area contributed by atoms with Crippen LogP contribution in [0.1, 0.15) is 17.2 Å². The van der Waals surface area contributed by atoms with Crippen LogP contribution in [-0.2, 0) is 20.1 Å². The van der Waals surface area contributed by atoms with Gasteiger partial charge in [-0.15, -0.1) is 34.2 Å². The van der Waals surface area contributed by atoms with Crippen molar-refractivity contribution in [3.8, 4) is 5.75 Å². The molecule has 0 spiro atoms. The SMILES string of the molecule is COc1ccc(CN=C(NCCSC)NCc2nnc(C)n2C)cc1.I. The molecule has 1 aromatic carbocycles. The Morgan fingerprint density at radius 3 is 2.54 bits per heavy atom. The zero-order chi connectivity index (χ0) is 18.1. The van der Waals surface area contributed by atoms with E-state index in [1.54, 1.807) is 18.9 Å². The average molecular weight is 490 g/mol. The molecule has 0 aliphatic heterocycles. The van der Waals surface area contributed by atoms with Gasteiger partial charge in [0.15, 0.2) is 11.8 Å². The monoisotopic (exact) mass is 490 g/mol. The van der Waals surface area contributed by atoms with Crippen molar-refractivity contribution < 1.29 is 4.74 Å². The predicted molar refractivity (Wildman–Crippen MR) is 119 cm³/mol. The number of aryl methyl sites for hydroxylation is 1. The number of methoxy groups -OCH3 is 1. The van der Waals surface area contributed by atoms with Crippen molar-refractivity contribution in [2.75, 3.05) is 25.7 Å². The lowest BCUT2D eigenvalue weighted by Gasteiger charge is -2.12. The van der Waals surface area contributed by atoms with E-state index in [0.29, 0.717) is 13.1 Å². The Bertz CT molecular complexity index is 689. The van der Waals surface area contributed by atoms with Crippen LogP contribution in [0.5, 0.6) is 5.75 Å². The largest absolute Gasteiger partial charge is 0.497 e. The van der Waals surface area contributed by atoms with Crippen molar-refractivity contribution in [3.63, 3.8) is 0 Å². The molecule has 2 aromatic rings. The van der Waals surface area contributed by atoms with Crippen molar-refractivity contribution in [3.05, 3.63) is 41.5 Å². The first kappa shape index (κ1) is 22.6. The number of rotatable bonds is 8. The fourth-order valence-corrected chi connectivity index (χ4v) is 2.42. The van der Waals surface area contributed by atoms with Gasteiger partial charge in [0.1, 0.15) is 11.6 Å². The molecule has 2 rings (SSSR count). The number of ether oxygens (including phenoxy) is 1. The highest BCUT2D eigenvalue weighted by Gasteiger charge is 2.06. The van der Waals surface area contributed by atoms with Gasteiger partial charge in [0.05, 0.1) is 20.2 Å². The normalized spacial score (nSPS) is 11.0. The molecule has 0 aliphatic rings. The number of aliphatic imine (C=N–C) groups is 1. The molecule has 7 nitrogen and oxygen atoms in total. The predicted octanol–water partition coefficient (Wildman–Crippen LogP) is 2.35. The van der Waals surface area contributed by atoms with E-state index in [2.05, 4.69) is 32.1 Å². The molecule has 2 N–H and O–H groups in total. The maximum Gasteiger partial charge on any atom is 0.192 e. The van der Waals surface area contributed by atoms with Gasteiger partial charge in [0, 0.05) is 19.3 Å². The number of benzene rings is 1. The first-order valence-corrected chi connectivity index (χ1v) is 9.52. The summed E-state index contributed by atoms with van der Waals surface area (Å²) in [6.45, 7) is 3.96. The lowest BCUT2D eigenvalue weighted by Crippen LogP contribution is -2.38. The molecule has 0 saturated heterocycles. The molecule has 0 fully saturated rings. The third-order valence-corrected chi connectivity index (χ3v) is 4.39. The highest BCUT2D eigenvalue weighted by atomic mass is 127. The summed E-state index contributed by atoms with van der Waals surface area (Å²) < 4.78 is 7.15. The van der Waals surface area contributed by atoms with Gasteiger partial charge in [0.2, 0.25) is 0 Å². The van der Waals surface area contributed by atoms with Gasteiger partial charge in [-0.05, 0) is 30.9 Å². The molecule has 1 heterocycles. The molecule has 0 atom stereocenters. The topological polar surface area (TPSA) is 76.4 Å². The van der Waals surface area contributed by atoms with E-state index in [1.807, 2.05) is 42.8 Å². The molecule has 26 heavy (non-hydrogen) atoms. The second-order valence-corrected chi connectivity index (χ2v) is 6.49. The third-order valence-electron chi connectivity index (χ3n) is 3.77. The van der Waals surface area contributed by atoms with Crippen LogP contribution in [0.2, 0.25) is 0 Å². The molecule has 0 aliphatic carbocycles. The minimum absolute atomic E-state index is 0. The molecule has 0 saturated carbocycles. The summed E-state index contributed by atoms with van der Waals surface area (Å²) in [6, 6.07) is 7.94. The highest BCUT2D eigenvalue weighted by molar-refractivity contribution is 14.0. The molecular formula is C17H27IN6OS. The number of thioether (sulfide) groups is 1. The first-order valence-electron chi connectivity index (χ1n) is 8.13. The fourth-order valence-electron chi connectivity index (χ4n) is 2.11. The minimum atomic E-state index is 0. The van der Waals surface area contributed by atoms with Crippen molar-refractivity contribution in [1.82, 2.24) is 25.4 Å². The molecule has 144 valence electrons. The summed E-state index contributed by atoms with van der Waals surface area (Å²) in [5.41, 5.74) is 1.13. The van der Waals surface area contributed by atoms with E-state index >= 15 is 0 Å². The van der Waals surface area contributed by atoms with E-state index in [9.17, 15) is 0 Å². The number of hydrogen-bond acceptors (Lipinski definition) is 5. The number of nitrogens with zero attached hydrogens (tertiary/aromatic N) is 4. The van der Waals surface area contributed by atoms with Gasteiger partial charge in [-0.2, -0.15) is 11.8 Å². The van der Waals surface area contributed by atoms with Crippen LogP contribution in [0.25, 0.3) is 0 Å². The molecule has 0 radical (unpaired) electrons. The van der Waals surface area contributed by atoms with E-state index in [-0.39, 0.29) is 24.0 Å². The van der Waals surface area contributed by atoms with Gasteiger partial charge in [-0.3, -0.25) is 0 Å². The Labute approximate surface area is 176 Å². The molecule has 0 unspecified atom stereocenters. The highest BCUT2D eigenvalue weighted by Crippen LogP contribution is 2.11. The second kappa shape index (κ2) is 12.0. The van der Waals surface area contributed by atoms with Crippen molar-refractivity contribution >= 4 is 41.7 Å². The van der Waals surface area contributed by atoms with E-state index in [4.69, 9.17) is 4.74 Å². The van der Waals surface area contributed by atoms with Crippen LogP contribution in [0.4, 0.5) is 0 Å². The summed E-state index contributed by atoms with van der Waals surface area (Å²) in [6.07, 6.45) is 2.09. The Balaban J connectivity index is 0.00000338. The quantitative estimate of drug-likeness (QED) is 0.256. The Morgan fingerprint density at radius 2 is 1.96 bits per heavy atom. The summed E-state index contributed by atoms with van der Waals surface area (Å²) in [4.78, 5) is 4.66. The maximum atomic E-state index is 5.18. The second-order valence-electron chi connectivity index (χ2n) is 5.51. The van der Waals surface area contributed by atoms with E-state index < -0.39 is 0 Å². The number of guanidine groups is 1. The van der Waals surface area contributed by atoms with E-state index in [1.165, 1.54) is 0 Å².